The number of hydrogen-bond acceptors (Lipinski definition) is 3. The van der Waals surface area contributed by atoms with Crippen molar-refractivity contribution >= 4 is 23.6 Å². The Morgan fingerprint density at radius 2 is 2.05 bits per heavy atom. The smallest absolute Gasteiger partial charge is 0.249 e. The molecule has 2 amide bonds. The molecule has 0 aliphatic carbocycles. The van der Waals surface area contributed by atoms with Gasteiger partial charge in [-0.2, -0.15) is 11.8 Å². The lowest BCUT2D eigenvalue weighted by Crippen LogP contribution is -2.40. The van der Waals surface area contributed by atoms with Gasteiger partial charge in [0.25, 0.3) is 0 Å². The summed E-state index contributed by atoms with van der Waals surface area (Å²) in [7, 11) is 0. The van der Waals surface area contributed by atoms with E-state index in [1.807, 2.05) is 36.6 Å². The van der Waals surface area contributed by atoms with Gasteiger partial charge in [-0.3, -0.25) is 9.59 Å². The maximum atomic E-state index is 12.6. The number of carbonyl (C=O) groups is 2. The lowest BCUT2D eigenvalue weighted by Gasteiger charge is -2.26. The highest BCUT2D eigenvalue weighted by atomic mass is 32.2. The minimum absolute atomic E-state index is 0.0112. The van der Waals surface area contributed by atoms with Gasteiger partial charge in [0.1, 0.15) is 6.04 Å². The van der Waals surface area contributed by atoms with Gasteiger partial charge in [-0.15, -0.1) is 0 Å². The summed E-state index contributed by atoms with van der Waals surface area (Å²) in [6.45, 7) is 3.27. The van der Waals surface area contributed by atoms with E-state index < -0.39 is 6.04 Å². The molecule has 2 unspecified atom stereocenters. The van der Waals surface area contributed by atoms with Crippen molar-refractivity contribution < 1.29 is 9.59 Å². The molecule has 0 bridgehead atoms. The van der Waals surface area contributed by atoms with Crippen LogP contribution >= 0.6 is 11.8 Å². The topological polar surface area (TPSA) is 49.4 Å². The van der Waals surface area contributed by atoms with Crippen LogP contribution in [0.25, 0.3) is 0 Å². The van der Waals surface area contributed by atoms with Crippen molar-refractivity contribution in [3.05, 3.63) is 35.9 Å². The third-order valence-electron chi connectivity index (χ3n) is 3.49. The van der Waals surface area contributed by atoms with Crippen LogP contribution in [-0.4, -0.2) is 41.3 Å². The molecule has 1 fully saturated rings. The maximum absolute atomic E-state index is 12.6. The van der Waals surface area contributed by atoms with Crippen LogP contribution in [0.4, 0.5) is 0 Å². The van der Waals surface area contributed by atoms with Crippen molar-refractivity contribution in [2.24, 2.45) is 0 Å². The molecule has 5 heteroatoms. The highest BCUT2D eigenvalue weighted by Gasteiger charge is 2.31. The second kappa shape index (κ2) is 6.79. The Morgan fingerprint density at radius 3 is 2.70 bits per heavy atom. The Hall–Kier alpha value is -1.49. The second-order valence-electron chi connectivity index (χ2n) is 4.99. The van der Waals surface area contributed by atoms with E-state index in [9.17, 15) is 9.59 Å². The molecule has 4 nitrogen and oxygen atoms in total. The monoisotopic (exact) mass is 292 g/mol. The fourth-order valence-corrected chi connectivity index (χ4v) is 2.59. The Balaban J connectivity index is 2.21. The van der Waals surface area contributed by atoms with Gasteiger partial charge in [0.2, 0.25) is 11.8 Å². The zero-order valence-corrected chi connectivity index (χ0v) is 12.7. The van der Waals surface area contributed by atoms with Crippen LogP contribution in [0.5, 0.6) is 0 Å². The summed E-state index contributed by atoms with van der Waals surface area (Å²) in [4.78, 5) is 26.3. The number of carbonyl (C=O) groups excluding carboxylic acids is 2. The number of nitrogens with zero attached hydrogens (tertiary/aromatic N) is 1. The molecule has 2 rings (SSSR count). The zero-order chi connectivity index (χ0) is 14.5. The first-order valence-electron chi connectivity index (χ1n) is 6.77. The third kappa shape index (κ3) is 3.54. The molecule has 108 valence electrons. The molecule has 1 aliphatic rings. The Morgan fingerprint density at radius 1 is 1.35 bits per heavy atom. The molecule has 20 heavy (non-hydrogen) atoms. The van der Waals surface area contributed by atoms with Crippen molar-refractivity contribution in [2.75, 3.05) is 19.3 Å². The van der Waals surface area contributed by atoms with Gasteiger partial charge in [-0.1, -0.05) is 37.3 Å². The molecule has 2 atom stereocenters. The summed E-state index contributed by atoms with van der Waals surface area (Å²) in [5.74, 6) is -0.0746. The molecule has 0 spiro atoms. The predicted octanol–water partition coefficient (Wildman–Crippen LogP) is 1.83. The predicted molar refractivity (Wildman–Crippen MR) is 81.5 cm³/mol. The van der Waals surface area contributed by atoms with Crippen LogP contribution in [0.15, 0.2) is 30.3 Å². The second-order valence-corrected chi connectivity index (χ2v) is 6.27. The first-order valence-corrected chi connectivity index (χ1v) is 8.06. The summed E-state index contributed by atoms with van der Waals surface area (Å²) in [6, 6.07) is 8.87. The van der Waals surface area contributed by atoms with Gasteiger partial charge in [-0.05, 0) is 11.8 Å². The number of amides is 2. The fourth-order valence-electron chi connectivity index (χ4n) is 2.26. The molecule has 1 N–H and O–H groups in total. The minimum Gasteiger partial charge on any atom is -0.340 e. The average Bonchev–Trinajstić information content (AvgIpc) is 2.61. The lowest BCUT2D eigenvalue weighted by atomic mass is 10.1. The molecule has 1 heterocycles. The standard InChI is InChI=1S/C15H20N2O2S/c1-11(20-2)10-17-9-8-13(18)16-14(15(17)19)12-6-4-3-5-7-12/h3-7,11,14H,8-10H2,1-2H3,(H,16,18). The van der Waals surface area contributed by atoms with Crippen LogP contribution < -0.4 is 5.32 Å². The molecule has 0 saturated carbocycles. The summed E-state index contributed by atoms with van der Waals surface area (Å²) in [5, 5.41) is 3.19. The Bertz CT molecular complexity index is 478. The minimum atomic E-state index is -0.555. The zero-order valence-electron chi connectivity index (χ0n) is 11.8. The van der Waals surface area contributed by atoms with E-state index in [-0.39, 0.29) is 11.8 Å². The van der Waals surface area contributed by atoms with Crippen molar-refractivity contribution in [1.29, 1.82) is 0 Å². The highest BCUT2D eigenvalue weighted by molar-refractivity contribution is 7.99. The van der Waals surface area contributed by atoms with Crippen molar-refractivity contribution in [2.45, 2.75) is 24.6 Å². The summed E-state index contributed by atoms with van der Waals surface area (Å²) < 4.78 is 0. The number of hydrogen-bond donors (Lipinski definition) is 1. The SMILES string of the molecule is CSC(C)CN1CCC(=O)NC(c2ccccc2)C1=O. The van der Waals surface area contributed by atoms with Gasteiger partial charge < -0.3 is 10.2 Å². The number of rotatable bonds is 4. The summed E-state index contributed by atoms with van der Waals surface area (Å²) >= 11 is 1.73. The van der Waals surface area contributed by atoms with E-state index in [0.29, 0.717) is 24.8 Å². The van der Waals surface area contributed by atoms with Gasteiger partial charge >= 0.3 is 0 Å². The van der Waals surface area contributed by atoms with Crippen LogP contribution in [0.1, 0.15) is 24.9 Å². The van der Waals surface area contributed by atoms with Gasteiger partial charge in [0.15, 0.2) is 0 Å². The first-order chi connectivity index (χ1) is 9.61. The van der Waals surface area contributed by atoms with Crippen LogP contribution in [0, 0.1) is 0 Å². The Labute approximate surface area is 123 Å². The van der Waals surface area contributed by atoms with Crippen molar-refractivity contribution in [1.82, 2.24) is 10.2 Å². The largest absolute Gasteiger partial charge is 0.340 e. The maximum Gasteiger partial charge on any atom is 0.249 e. The van der Waals surface area contributed by atoms with Gasteiger partial charge in [-0.25, -0.2) is 0 Å². The third-order valence-corrected chi connectivity index (χ3v) is 4.44. The molecular weight excluding hydrogens is 272 g/mol. The van der Waals surface area contributed by atoms with Gasteiger partial charge in [0, 0.05) is 24.8 Å². The quantitative estimate of drug-likeness (QED) is 0.921. The first kappa shape index (κ1) is 14.9. The molecular formula is C15H20N2O2S. The normalized spacial score (nSPS) is 21.3. The van der Waals surface area contributed by atoms with Crippen molar-refractivity contribution in [3.63, 3.8) is 0 Å². The summed E-state index contributed by atoms with van der Waals surface area (Å²) in [6.07, 6.45) is 2.40. The molecule has 0 aromatic heterocycles. The Kier molecular flexibility index (Phi) is 5.06. The molecule has 1 aromatic carbocycles. The van der Waals surface area contributed by atoms with E-state index in [1.165, 1.54) is 0 Å². The van der Waals surface area contributed by atoms with Crippen LogP contribution in [-0.2, 0) is 9.59 Å². The van der Waals surface area contributed by atoms with Crippen molar-refractivity contribution in [3.8, 4) is 0 Å². The van der Waals surface area contributed by atoms with E-state index in [1.54, 1.807) is 16.7 Å². The molecule has 1 aliphatic heterocycles. The van der Waals surface area contributed by atoms with Crippen LogP contribution in [0.2, 0.25) is 0 Å². The van der Waals surface area contributed by atoms with E-state index in [0.717, 1.165) is 5.56 Å². The molecule has 1 aromatic rings. The average molecular weight is 292 g/mol. The molecule has 1 saturated heterocycles. The van der Waals surface area contributed by atoms with Gasteiger partial charge in [0.05, 0.1) is 0 Å². The lowest BCUT2D eigenvalue weighted by molar-refractivity contribution is -0.133. The van der Waals surface area contributed by atoms with E-state index >= 15 is 0 Å². The van der Waals surface area contributed by atoms with E-state index in [4.69, 9.17) is 0 Å². The van der Waals surface area contributed by atoms with Crippen LogP contribution in [0.3, 0.4) is 0 Å². The number of thioether (sulfide) groups is 1. The summed E-state index contributed by atoms with van der Waals surface area (Å²) in [5.41, 5.74) is 0.842. The molecule has 0 radical (unpaired) electrons. The highest BCUT2D eigenvalue weighted by Crippen LogP contribution is 2.20. The fraction of sp³-hybridized carbons (Fsp3) is 0.467. The van der Waals surface area contributed by atoms with E-state index in [2.05, 4.69) is 12.2 Å². The number of benzene rings is 1. The number of nitrogens with one attached hydrogen (secondary N) is 1.